The minimum Gasteiger partial charge on any atom is -0.337 e. The maximum absolute atomic E-state index is 5.25. The van der Waals surface area contributed by atoms with Crippen molar-refractivity contribution in [3.63, 3.8) is 0 Å². The predicted octanol–water partition coefficient (Wildman–Crippen LogP) is 11.3. The van der Waals surface area contributed by atoms with Gasteiger partial charge in [-0.05, 0) is 88.7 Å². The summed E-state index contributed by atoms with van der Waals surface area (Å²) in [5.74, 6) is 0.681. The van der Waals surface area contributed by atoms with Crippen LogP contribution in [0, 0.1) is 0 Å². The lowest BCUT2D eigenvalue weighted by atomic mass is 9.94. The summed E-state index contributed by atoms with van der Waals surface area (Å²) in [5, 5.41) is 3.44. The second-order valence-electron chi connectivity index (χ2n) is 13.8. The summed E-state index contributed by atoms with van der Waals surface area (Å²) in [6.45, 7) is 0. The van der Waals surface area contributed by atoms with Gasteiger partial charge in [0.25, 0.3) is 0 Å². The summed E-state index contributed by atoms with van der Waals surface area (Å²) in [6, 6.07) is 59.4. The Hall–Kier alpha value is -6.52. The van der Waals surface area contributed by atoms with E-state index in [1.54, 1.807) is 0 Å². The Morgan fingerprint density at radius 2 is 1.18 bits per heavy atom. The molecule has 0 bridgehead atoms. The molecule has 2 aromatic heterocycles. The zero-order valence-electron chi connectivity index (χ0n) is 27.9. The molecule has 0 amide bonds. The van der Waals surface area contributed by atoms with Crippen molar-refractivity contribution in [2.45, 2.75) is 18.9 Å². The largest absolute Gasteiger partial charge is 0.337 e. The topological polar surface area (TPSA) is 34.0 Å². The van der Waals surface area contributed by atoms with E-state index in [-0.39, 0.29) is 0 Å². The smallest absolute Gasteiger partial charge is 0.235 e. The standard InChI is InChI=1S/C47H32N4/c1-3-12-30(13-4-1)36-18-11-21-44-40(36)29-35-27-34-26-32(22-24-42(34)50(35)44)33-23-25-45-39(28-33)37-16-8-10-20-43(37)51(45)47-48-41-19-9-7-17-38(41)46(49-47)31-14-5-2-6-15-31/h1-26,28,35H,27,29H2. The van der Waals surface area contributed by atoms with Crippen molar-refractivity contribution in [1.82, 2.24) is 14.5 Å². The van der Waals surface area contributed by atoms with Crippen LogP contribution < -0.4 is 4.90 Å². The minimum absolute atomic E-state index is 0.457. The fourth-order valence-corrected chi connectivity index (χ4v) is 8.68. The Kier molecular flexibility index (Phi) is 6.11. The molecular formula is C47H32N4. The van der Waals surface area contributed by atoms with E-state index < -0.39 is 0 Å². The van der Waals surface area contributed by atoms with Crippen LogP contribution in [0.1, 0.15) is 11.1 Å². The maximum Gasteiger partial charge on any atom is 0.235 e. The number of benzene rings is 7. The first kappa shape index (κ1) is 28.3. The Balaban J connectivity index is 1.02. The molecule has 11 rings (SSSR count). The quantitative estimate of drug-likeness (QED) is 0.190. The normalized spacial score (nSPS) is 14.7. The summed E-state index contributed by atoms with van der Waals surface area (Å²) >= 11 is 0. The number of hydrogen-bond donors (Lipinski definition) is 0. The number of aromatic nitrogens is 3. The molecule has 0 radical (unpaired) electrons. The molecule has 0 fully saturated rings. The van der Waals surface area contributed by atoms with Gasteiger partial charge in [0.1, 0.15) is 0 Å². The second-order valence-corrected chi connectivity index (χ2v) is 13.8. The van der Waals surface area contributed by atoms with E-state index in [1.165, 1.54) is 55.5 Å². The van der Waals surface area contributed by atoms with Gasteiger partial charge >= 0.3 is 0 Å². The molecule has 1 unspecified atom stereocenters. The third kappa shape index (κ3) is 4.33. The zero-order valence-corrected chi connectivity index (χ0v) is 27.9. The van der Waals surface area contributed by atoms with Crippen molar-refractivity contribution in [3.8, 4) is 39.5 Å². The molecule has 4 nitrogen and oxygen atoms in total. The SMILES string of the molecule is c1ccc(-c2cccc3c2CC2Cc4cc(-c5ccc6c(c5)c5ccccc5n6-c5nc(-c6ccccc6)c6ccccc6n5)ccc4N32)cc1. The average molecular weight is 653 g/mol. The van der Waals surface area contributed by atoms with E-state index in [1.807, 2.05) is 12.1 Å². The molecule has 2 aliphatic heterocycles. The van der Waals surface area contributed by atoms with E-state index >= 15 is 0 Å². The van der Waals surface area contributed by atoms with E-state index in [0.29, 0.717) is 12.0 Å². The van der Waals surface area contributed by atoms with Gasteiger partial charge in [-0.1, -0.05) is 121 Å². The third-order valence-corrected chi connectivity index (χ3v) is 10.9. The summed E-state index contributed by atoms with van der Waals surface area (Å²) in [5.41, 5.74) is 15.9. The Bertz CT molecular complexity index is 2820. The van der Waals surface area contributed by atoms with Crippen LogP contribution in [0.25, 0.3) is 72.2 Å². The van der Waals surface area contributed by atoms with Crippen LogP contribution in [0.2, 0.25) is 0 Å². The second kappa shape index (κ2) is 11.0. The highest BCUT2D eigenvalue weighted by molar-refractivity contribution is 6.10. The van der Waals surface area contributed by atoms with Crippen LogP contribution in [0.3, 0.4) is 0 Å². The van der Waals surface area contributed by atoms with Gasteiger partial charge in [0, 0.05) is 39.1 Å². The lowest BCUT2D eigenvalue weighted by molar-refractivity contribution is 0.726. The lowest BCUT2D eigenvalue weighted by Gasteiger charge is -2.21. The van der Waals surface area contributed by atoms with Crippen LogP contribution in [-0.2, 0) is 12.8 Å². The third-order valence-electron chi connectivity index (χ3n) is 10.9. The molecule has 240 valence electrons. The molecule has 0 saturated carbocycles. The molecule has 0 saturated heterocycles. The molecule has 4 heterocycles. The Morgan fingerprint density at radius 3 is 2.04 bits per heavy atom. The van der Waals surface area contributed by atoms with Gasteiger partial charge in [0.15, 0.2) is 0 Å². The summed E-state index contributed by atoms with van der Waals surface area (Å²) in [4.78, 5) is 13.0. The molecule has 0 spiro atoms. The molecule has 2 aliphatic rings. The van der Waals surface area contributed by atoms with Crippen molar-refractivity contribution in [2.24, 2.45) is 0 Å². The fraction of sp³-hybridized carbons (Fsp3) is 0.0638. The average Bonchev–Trinajstić information content (AvgIpc) is 3.85. The lowest BCUT2D eigenvalue weighted by Crippen LogP contribution is -2.22. The molecule has 51 heavy (non-hydrogen) atoms. The monoisotopic (exact) mass is 652 g/mol. The van der Waals surface area contributed by atoms with Gasteiger partial charge < -0.3 is 4.90 Å². The van der Waals surface area contributed by atoms with Crippen molar-refractivity contribution in [2.75, 3.05) is 4.90 Å². The fourth-order valence-electron chi connectivity index (χ4n) is 8.68. The molecule has 7 aromatic carbocycles. The maximum atomic E-state index is 5.25. The van der Waals surface area contributed by atoms with Gasteiger partial charge in [-0.2, -0.15) is 0 Å². The molecule has 0 N–H and O–H groups in total. The van der Waals surface area contributed by atoms with E-state index in [2.05, 4.69) is 161 Å². The van der Waals surface area contributed by atoms with Gasteiger partial charge in [-0.15, -0.1) is 0 Å². The minimum atomic E-state index is 0.457. The zero-order chi connectivity index (χ0) is 33.5. The summed E-state index contributed by atoms with van der Waals surface area (Å²) < 4.78 is 2.23. The first-order chi connectivity index (χ1) is 25.3. The van der Waals surface area contributed by atoms with Crippen LogP contribution >= 0.6 is 0 Å². The molecule has 4 heteroatoms. The number of anilines is 2. The molecule has 1 atom stereocenters. The Morgan fingerprint density at radius 1 is 0.471 bits per heavy atom. The van der Waals surface area contributed by atoms with Gasteiger partial charge in [-0.3, -0.25) is 4.57 Å². The van der Waals surface area contributed by atoms with E-state index in [4.69, 9.17) is 9.97 Å². The van der Waals surface area contributed by atoms with E-state index in [0.717, 1.165) is 46.0 Å². The molecule has 0 aliphatic carbocycles. The number of hydrogen-bond acceptors (Lipinski definition) is 3. The predicted molar refractivity (Wildman–Crippen MR) is 210 cm³/mol. The highest BCUT2D eigenvalue weighted by Gasteiger charge is 2.38. The van der Waals surface area contributed by atoms with Crippen molar-refractivity contribution >= 4 is 44.1 Å². The summed E-state index contributed by atoms with van der Waals surface area (Å²) in [7, 11) is 0. The molecule has 9 aromatic rings. The Labute approximate surface area is 295 Å². The highest BCUT2D eigenvalue weighted by atomic mass is 15.2. The first-order valence-corrected chi connectivity index (χ1v) is 17.7. The van der Waals surface area contributed by atoms with Gasteiger partial charge in [-0.25, -0.2) is 9.97 Å². The first-order valence-electron chi connectivity index (χ1n) is 17.7. The van der Waals surface area contributed by atoms with Crippen molar-refractivity contribution in [1.29, 1.82) is 0 Å². The van der Waals surface area contributed by atoms with Gasteiger partial charge in [0.2, 0.25) is 5.95 Å². The van der Waals surface area contributed by atoms with E-state index in [9.17, 15) is 0 Å². The number of fused-ring (bicyclic) bond motifs is 9. The van der Waals surface area contributed by atoms with Crippen LogP contribution in [0.5, 0.6) is 0 Å². The summed E-state index contributed by atoms with van der Waals surface area (Å²) in [6.07, 6.45) is 2.12. The van der Waals surface area contributed by atoms with Crippen LogP contribution in [0.4, 0.5) is 11.4 Å². The van der Waals surface area contributed by atoms with Crippen LogP contribution in [-0.4, -0.2) is 20.6 Å². The van der Waals surface area contributed by atoms with Crippen LogP contribution in [0.15, 0.2) is 164 Å². The molecular weight excluding hydrogens is 621 g/mol. The number of nitrogens with zero attached hydrogens (tertiary/aromatic N) is 4. The number of rotatable bonds is 4. The van der Waals surface area contributed by atoms with Crippen molar-refractivity contribution < 1.29 is 0 Å². The van der Waals surface area contributed by atoms with Gasteiger partial charge in [0.05, 0.1) is 22.2 Å². The number of para-hydroxylation sites is 2. The van der Waals surface area contributed by atoms with Crippen molar-refractivity contribution in [3.05, 3.63) is 175 Å². The highest BCUT2D eigenvalue weighted by Crippen LogP contribution is 2.49.